The average molecular weight is 354 g/mol. The van der Waals surface area contributed by atoms with E-state index in [4.69, 9.17) is 0 Å². The van der Waals surface area contributed by atoms with Crippen LogP contribution in [0.25, 0.3) is 0 Å². The Labute approximate surface area is 133 Å². The normalized spacial score (nSPS) is 21.3. The fourth-order valence-corrected chi connectivity index (χ4v) is 2.98. The topological polar surface area (TPSA) is 62.3 Å². The number of aromatic nitrogens is 1. The van der Waals surface area contributed by atoms with E-state index in [0.29, 0.717) is 13.0 Å². The molecule has 0 radical (unpaired) electrons. The van der Waals surface area contributed by atoms with Gasteiger partial charge in [0.2, 0.25) is 11.8 Å². The molecule has 114 valence electrons. The summed E-state index contributed by atoms with van der Waals surface area (Å²) in [7, 11) is 0. The molecule has 0 aromatic carbocycles. The number of nitrogens with zero attached hydrogens (tertiary/aromatic N) is 2. The van der Waals surface area contributed by atoms with E-state index in [1.807, 2.05) is 13.0 Å². The zero-order valence-electron chi connectivity index (χ0n) is 12.5. The second-order valence-corrected chi connectivity index (χ2v) is 6.78. The SMILES string of the molecule is CCCC1C(=O)NC(C)(C)C(=O)N1Cc1cncc(Br)c1. The van der Waals surface area contributed by atoms with Gasteiger partial charge in [0.15, 0.2) is 0 Å². The van der Waals surface area contributed by atoms with Gasteiger partial charge in [-0.2, -0.15) is 0 Å². The summed E-state index contributed by atoms with van der Waals surface area (Å²) in [5.74, 6) is -0.134. The van der Waals surface area contributed by atoms with Gasteiger partial charge in [-0.3, -0.25) is 14.6 Å². The minimum absolute atomic E-state index is 0.0551. The molecule has 2 amide bonds. The van der Waals surface area contributed by atoms with Crippen LogP contribution in [-0.4, -0.2) is 33.3 Å². The third-order valence-electron chi connectivity index (χ3n) is 3.59. The molecule has 1 aromatic rings. The maximum atomic E-state index is 12.6. The quantitative estimate of drug-likeness (QED) is 0.902. The van der Waals surface area contributed by atoms with Gasteiger partial charge in [-0.15, -0.1) is 0 Å². The molecule has 0 spiro atoms. The van der Waals surface area contributed by atoms with E-state index in [1.54, 1.807) is 31.1 Å². The minimum atomic E-state index is -0.860. The van der Waals surface area contributed by atoms with Crippen LogP contribution in [-0.2, 0) is 16.1 Å². The van der Waals surface area contributed by atoms with E-state index in [0.717, 1.165) is 16.5 Å². The highest BCUT2D eigenvalue weighted by Crippen LogP contribution is 2.23. The summed E-state index contributed by atoms with van der Waals surface area (Å²) in [6.45, 7) is 5.88. The fourth-order valence-electron chi connectivity index (χ4n) is 2.57. The van der Waals surface area contributed by atoms with E-state index in [2.05, 4.69) is 26.2 Å². The van der Waals surface area contributed by atoms with Crippen LogP contribution in [0.3, 0.4) is 0 Å². The Kier molecular flexibility index (Phi) is 4.66. The number of carbonyl (C=O) groups is 2. The smallest absolute Gasteiger partial charge is 0.248 e. The van der Waals surface area contributed by atoms with Gasteiger partial charge in [0.1, 0.15) is 11.6 Å². The number of amides is 2. The lowest BCUT2D eigenvalue weighted by Gasteiger charge is -2.42. The summed E-state index contributed by atoms with van der Waals surface area (Å²) in [4.78, 5) is 30.7. The number of pyridine rings is 1. The first kappa shape index (κ1) is 15.9. The van der Waals surface area contributed by atoms with Crippen LogP contribution in [0, 0.1) is 0 Å². The van der Waals surface area contributed by atoms with E-state index in [1.165, 1.54) is 0 Å². The Bertz CT molecular complexity index is 560. The summed E-state index contributed by atoms with van der Waals surface area (Å²) in [6, 6.07) is 1.51. The molecule has 0 saturated carbocycles. The standard InChI is InChI=1S/C15H20BrN3O2/c1-4-5-12-13(20)18-15(2,3)14(21)19(12)9-10-6-11(16)8-17-7-10/h6-8,12H,4-5,9H2,1-3H3,(H,18,20). The highest BCUT2D eigenvalue weighted by Gasteiger charge is 2.44. The molecule has 2 heterocycles. The molecule has 1 aromatic heterocycles. The lowest BCUT2D eigenvalue weighted by molar-refractivity contribution is -0.154. The molecule has 21 heavy (non-hydrogen) atoms. The van der Waals surface area contributed by atoms with Gasteiger partial charge in [0.25, 0.3) is 0 Å². The third-order valence-corrected chi connectivity index (χ3v) is 4.02. The predicted molar refractivity (Wildman–Crippen MR) is 83.4 cm³/mol. The molecule has 6 heteroatoms. The summed E-state index contributed by atoms with van der Waals surface area (Å²) >= 11 is 3.38. The fraction of sp³-hybridized carbons (Fsp3) is 0.533. The zero-order valence-corrected chi connectivity index (χ0v) is 14.1. The van der Waals surface area contributed by atoms with Crippen LogP contribution in [0.15, 0.2) is 22.9 Å². The molecule has 0 aliphatic carbocycles. The molecule has 5 nitrogen and oxygen atoms in total. The summed E-state index contributed by atoms with van der Waals surface area (Å²) in [5.41, 5.74) is 0.0464. The molecule has 1 aliphatic heterocycles. The van der Waals surface area contributed by atoms with Crippen molar-refractivity contribution in [1.82, 2.24) is 15.2 Å². The number of hydrogen-bond acceptors (Lipinski definition) is 3. The Morgan fingerprint density at radius 2 is 2.10 bits per heavy atom. The molecule has 1 unspecified atom stereocenters. The van der Waals surface area contributed by atoms with Crippen molar-refractivity contribution in [2.45, 2.75) is 51.7 Å². The van der Waals surface area contributed by atoms with Gasteiger partial charge in [-0.1, -0.05) is 13.3 Å². The lowest BCUT2D eigenvalue weighted by Crippen LogP contribution is -2.67. The summed E-state index contributed by atoms with van der Waals surface area (Å²) in [5, 5.41) is 2.81. The Balaban J connectivity index is 2.30. The lowest BCUT2D eigenvalue weighted by atomic mass is 9.94. The predicted octanol–water partition coefficient (Wildman–Crippen LogP) is 2.25. The highest BCUT2D eigenvalue weighted by atomic mass is 79.9. The number of nitrogens with one attached hydrogen (secondary N) is 1. The monoisotopic (exact) mass is 353 g/mol. The second kappa shape index (κ2) is 6.13. The average Bonchev–Trinajstić information content (AvgIpc) is 2.40. The number of carbonyl (C=O) groups excluding carboxylic acids is 2. The van der Waals surface area contributed by atoms with E-state index >= 15 is 0 Å². The number of hydrogen-bond donors (Lipinski definition) is 1. The maximum Gasteiger partial charge on any atom is 0.248 e. The van der Waals surface area contributed by atoms with Crippen molar-refractivity contribution in [2.75, 3.05) is 0 Å². The van der Waals surface area contributed by atoms with Crippen molar-refractivity contribution < 1.29 is 9.59 Å². The van der Waals surface area contributed by atoms with Crippen molar-refractivity contribution >= 4 is 27.7 Å². The zero-order chi connectivity index (χ0) is 15.6. The molecule has 1 fully saturated rings. The number of rotatable bonds is 4. The van der Waals surface area contributed by atoms with Crippen LogP contribution in [0.4, 0.5) is 0 Å². The van der Waals surface area contributed by atoms with Gasteiger partial charge in [-0.05, 0) is 47.8 Å². The van der Waals surface area contributed by atoms with Gasteiger partial charge in [0, 0.05) is 23.4 Å². The van der Waals surface area contributed by atoms with Crippen LogP contribution in [0.2, 0.25) is 0 Å². The first-order chi connectivity index (χ1) is 9.85. The largest absolute Gasteiger partial charge is 0.340 e. The first-order valence-corrected chi connectivity index (χ1v) is 7.87. The highest BCUT2D eigenvalue weighted by molar-refractivity contribution is 9.10. The van der Waals surface area contributed by atoms with Crippen LogP contribution < -0.4 is 5.32 Å². The Hall–Kier alpha value is -1.43. The van der Waals surface area contributed by atoms with Crippen molar-refractivity contribution in [3.8, 4) is 0 Å². The minimum Gasteiger partial charge on any atom is -0.340 e. The third kappa shape index (κ3) is 3.43. The van der Waals surface area contributed by atoms with Crippen LogP contribution >= 0.6 is 15.9 Å². The van der Waals surface area contributed by atoms with Crippen molar-refractivity contribution in [2.24, 2.45) is 0 Å². The second-order valence-electron chi connectivity index (χ2n) is 5.86. The maximum absolute atomic E-state index is 12.6. The van der Waals surface area contributed by atoms with Crippen molar-refractivity contribution in [1.29, 1.82) is 0 Å². The van der Waals surface area contributed by atoms with E-state index in [-0.39, 0.29) is 11.8 Å². The number of halogens is 1. The van der Waals surface area contributed by atoms with Gasteiger partial charge in [0.05, 0.1) is 0 Å². The molecule has 1 atom stereocenters. The molecule has 1 aliphatic rings. The van der Waals surface area contributed by atoms with E-state index < -0.39 is 11.6 Å². The van der Waals surface area contributed by atoms with Crippen molar-refractivity contribution in [3.63, 3.8) is 0 Å². The Morgan fingerprint density at radius 3 is 2.71 bits per heavy atom. The van der Waals surface area contributed by atoms with Crippen molar-refractivity contribution in [3.05, 3.63) is 28.5 Å². The molecule has 2 rings (SSSR count). The van der Waals surface area contributed by atoms with Crippen LogP contribution in [0.5, 0.6) is 0 Å². The van der Waals surface area contributed by atoms with E-state index in [9.17, 15) is 9.59 Å². The summed E-state index contributed by atoms with van der Waals surface area (Å²) in [6.07, 6.45) is 4.93. The van der Waals surface area contributed by atoms with Gasteiger partial charge in [-0.25, -0.2) is 0 Å². The molecule has 0 bridgehead atoms. The van der Waals surface area contributed by atoms with Gasteiger partial charge < -0.3 is 10.2 Å². The first-order valence-electron chi connectivity index (χ1n) is 7.07. The summed E-state index contributed by atoms with van der Waals surface area (Å²) < 4.78 is 0.861. The number of piperazine rings is 1. The van der Waals surface area contributed by atoms with Gasteiger partial charge >= 0.3 is 0 Å². The van der Waals surface area contributed by atoms with Crippen LogP contribution in [0.1, 0.15) is 39.2 Å². The molecular weight excluding hydrogens is 334 g/mol. The Morgan fingerprint density at radius 1 is 1.38 bits per heavy atom. The molecule has 1 saturated heterocycles. The molecular formula is C15H20BrN3O2. The molecule has 1 N–H and O–H groups in total.